The number of hydrogen-bond donors (Lipinski definition) is 1. The smallest absolute Gasteiger partial charge is 0.194 e. The molecule has 0 aliphatic carbocycles. The average Bonchev–Trinajstić information content (AvgIpc) is 3.46. The van der Waals surface area contributed by atoms with Crippen molar-refractivity contribution < 1.29 is 8.91 Å². The maximum Gasteiger partial charge on any atom is 0.194 e. The third-order valence-corrected chi connectivity index (χ3v) is 5.09. The largest absolute Gasteiger partial charge is 0.364 e. The quantitative estimate of drug-likeness (QED) is 0.496. The summed E-state index contributed by atoms with van der Waals surface area (Å²) < 4.78 is 21.1. The minimum absolute atomic E-state index is 0.285. The second kappa shape index (κ2) is 9.53. The van der Waals surface area contributed by atoms with Crippen LogP contribution in [-0.4, -0.2) is 63.2 Å². The van der Waals surface area contributed by atoms with Crippen LogP contribution < -0.4 is 5.32 Å². The molecule has 0 bridgehead atoms. The number of aromatic nitrogens is 3. The van der Waals surface area contributed by atoms with Crippen molar-refractivity contribution in [2.75, 3.05) is 32.7 Å². The third kappa shape index (κ3) is 4.85. The van der Waals surface area contributed by atoms with Crippen LogP contribution in [0.3, 0.4) is 0 Å². The molecule has 158 valence electrons. The second-order valence-electron chi connectivity index (χ2n) is 7.18. The fraction of sp³-hybridized carbons (Fsp3) is 0.381. The van der Waals surface area contributed by atoms with Gasteiger partial charge in [-0.25, -0.2) is 14.4 Å². The van der Waals surface area contributed by atoms with E-state index in [9.17, 15) is 4.39 Å². The van der Waals surface area contributed by atoms with Gasteiger partial charge in [-0.15, -0.1) is 0 Å². The number of halogens is 1. The van der Waals surface area contributed by atoms with E-state index in [0.29, 0.717) is 12.2 Å². The third-order valence-electron chi connectivity index (χ3n) is 5.09. The zero-order valence-corrected chi connectivity index (χ0v) is 17.0. The van der Waals surface area contributed by atoms with Crippen molar-refractivity contribution in [3.63, 3.8) is 0 Å². The molecule has 1 aliphatic heterocycles. The van der Waals surface area contributed by atoms with Gasteiger partial charge >= 0.3 is 0 Å². The molecule has 0 spiro atoms. The number of rotatable bonds is 6. The number of benzene rings is 1. The minimum Gasteiger partial charge on any atom is -0.364 e. The van der Waals surface area contributed by atoms with Gasteiger partial charge in [0.25, 0.3) is 0 Å². The highest BCUT2D eigenvalue weighted by atomic mass is 19.1. The van der Waals surface area contributed by atoms with Crippen LogP contribution in [0.5, 0.6) is 0 Å². The van der Waals surface area contributed by atoms with Gasteiger partial charge in [-0.3, -0.25) is 4.90 Å². The summed E-state index contributed by atoms with van der Waals surface area (Å²) in [5, 5.41) is 7.34. The highest BCUT2D eigenvalue weighted by molar-refractivity contribution is 5.80. The van der Waals surface area contributed by atoms with E-state index in [1.54, 1.807) is 35.6 Å². The van der Waals surface area contributed by atoms with Gasteiger partial charge in [-0.05, 0) is 24.6 Å². The Morgan fingerprint density at radius 2 is 2.10 bits per heavy atom. The zero-order chi connectivity index (χ0) is 20.8. The van der Waals surface area contributed by atoms with Crippen LogP contribution in [0.25, 0.3) is 5.69 Å². The predicted molar refractivity (Wildman–Crippen MR) is 112 cm³/mol. The van der Waals surface area contributed by atoms with Gasteiger partial charge in [-0.2, -0.15) is 0 Å². The van der Waals surface area contributed by atoms with Gasteiger partial charge in [-0.1, -0.05) is 11.2 Å². The van der Waals surface area contributed by atoms with Crippen molar-refractivity contribution in [2.24, 2.45) is 4.99 Å². The molecule has 2 aromatic heterocycles. The van der Waals surface area contributed by atoms with E-state index >= 15 is 0 Å². The lowest BCUT2D eigenvalue weighted by Crippen LogP contribution is -2.52. The van der Waals surface area contributed by atoms with Crippen molar-refractivity contribution in [3.8, 4) is 5.69 Å². The summed E-state index contributed by atoms with van der Waals surface area (Å²) in [5.41, 5.74) is 2.26. The van der Waals surface area contributed by atoms with Crippen LogP contribution in [0.15, 0.2) is 58.8 Å². The molecular weight excluding hydrogens is 385 g/mol. The average molecular weight is 411 g/mol. The summed E-state index contributed by atoms with van der Waals surface area (Å²) in [5.74, 6) is 0.574. The van der Waals surface area contributed by atoms with E-state index in [1.807, 2.05) is 12.1 Å². The lowest BCUT2D eigenvalue weighted by molar-refractivity contribution is 0.169. The summed E-state index contributed by atoms with van der Waals surface area (Å²) in [6.07, 6.45) is 6.54. The molecule has 0 unspecified atom stereocenters. The molecule has 3 heterocycles. The highest BCUT2D eigenvalue weighted by Gasteiger charge is 2.20. The molecule has 0 atom stereocenters. The number of nitrogens with one attached hydrogen (secondary N) is 1. The fourth-order valence-electron chi connectivity index (χ4n) is 3.52. The van der Waals surface area contributed by atoms with Gasteiger partial charge in [0.1, 0.15) is 12.1 Å². The number of aliphatic imine (C=N–C) groups is 1. The number of guanidine groups is 1. The Hall–Kier alpha value is -3.20. The maximum atomic E-state index is 14.5. The topological polar surface area (TPSA) is 74.7 Å². The van der Waals surface area contributed by atoms with E-state index < -0.39 is 0 Å². The van der Waals surface area contributed by atoms with E-state index in [4.69, 9.17) is 9.52 Å². The van der Waals surface area contributed by atoms with Crippen molar-refractivity contribution in [1.82, 2.24) is 29.8 Å². The molecule has 1 aliphatic rings. The zero-order valence-electron chi connectivity index (χ0n) is 17.0. The minimum atomic E-state index is -0.285. The van der Waals surface area contributed by atoms with E-state index in [-0.39, 0.29) is 5.82 Å². The predicted octanol–water partition coefficient (Wildman–Crippen LogP) is 2.28. The molecule has 0 amide bonds. The van der Waals surface area contributed by atoms with Gasteiger partial charge in [0.05, 0.1) is 24.3 Å². The Morgan fingerprint density at radius 3 is 2.77 bits per heavy atom. The Labute approximate surface area is 175 Å². The Kier molecular flexibility index (Phi) is 6.38. The molecule has 3 aromatic rings. The molecular formula is C21H26FN7O. The standard InChI is InChI=1S/C21H26FN7O/c1-2-24-21(28-10-8-27(9-11-28)15-18-5-12-30-26-18)25-14-17-3-4-20(19(22)13-17)29-7-6-23-16-29/h3-7,12-13,16H,2,8-11,14-15H2,1H3,(H,24,25). The molecule has 1 saturated heterocycles. The fourth-order valence-corrected chi connectivity index (χ4v) is 3.52. The second-order valence-corrected chi connectivity index (χ2v) is 7.18. The Morgan fingerprint density at radius 1 is 1.23 bits per heavy atom. The molecule has 1 N–H and O–H groups in total. The van der Waals surface area contributed by atoms with E-state index in [0.717, 1.165) is 56.5 Å². The summed E-state index contributed by atoms with van der Waals surface area (Å²) in [4.78, 5) is 13.3. The van der Waals surface area contributed by atoms with Crippen molar-refractivity contribution in [1.29, 1.82) is 0 Å². The summed E-state index contributed by atoms with van der Waals surface area (Å²) in [7, 11) is 0. The number of nitrogens with zero attached hydrogens (tertiary/aromatic N) is 6. The molecule has 4 rings (SSSR count). The van der Waals surface area contributed by atoms with Crippen LogP contribution >= 0.6 is 0 Å². The van der Waals surface area contributed by atoms with Gasteiger partial charge < -0.3 is 19.3 Å². The molecule has 1 fully saturated rings. The molecule has 0 radical (unpaired) electrons. The van der Waals surface area contributed by atoms with Crippen molar-refractivity contribution in [3.05, 3.63) is 66.3 Å². The first-order valence-electron chi connectivity index (χ1n) is 10.1. The Bertz CT molecular complexity index is 948. The SMILES string of the molecule is CCNC(=NCc1ccc(-n2ccnc2)c(F)c1)N1CCN(Cc2ccon2)CC1. The highest BCUT2D eigenvalue weighted by Crippen LogP contribution is 2.16. The number of piperazine rings is 1. The summed E-state index contributed by atoms with van der Waals surface area (Å²) >= 11 is 0. The number of hydrogen-bond acceptors (Lipinski definition) is 5. The molecule has 9 heteroatoms. The Balaban J connectivity index is 1.37. The monoisotopic (exact) mass is 411 g/mol. The maximum absolute atomic E-state index is 14.5. The molecule has 30 heavy (non-hydrogen) atoms. The van der Waals surface area contributed by atoms with E-state index in [2.05, 4.69) is 32.2 Å². The first kappa shape index (κ1) is 20.1. The molecule has 8 nitrogen and oxygen atoms in total. The summed E-state index contributed by atoms with van der Waals surface area (Å²) in [6, 6.07) is 7.10. The van der Waals surface area contributed by atoms with Gasteiger partial charge in [0.2, 0.25) is 0 Å². The van der Waals surface area contributed by atoms with Crippen molar-refractivity contribution >= 4 is 5.96 Å². The van der Waals surface area contributed by atoms with Crippen LogP contribution in [0, 0.1) is 5.82 Å². The van der Waals surface area contributed by atoms with E-state index in [1.165, 1.54) is 6.07 Å². The molecule has 1 aromatic carbocycles. The lowest BCUT2D eigenvalue weighted by Gasteiger charge is -2.36. The first-order valence-corrected chi connectivity index (χ1v) is 10.1. The van der Waals surface area contributed by atoms with Crippen LogP contribution in [0.2, 0.25) is 0 Å². The normalized spacial score (nSPS) is 15.5. The van der Waals surface area contributed by atoms with Gasteiger partial charge in [0.15, 0.2) is 5.96 Å². The number of imidazole rings is 1. The van der Waals surface area contributed by atoms with Gasteiger partial charge in [0, 0.05) is 57.7 Å². The lowest BCUT2D eigenvalue weighted by atomic mass is 10.2. The summed E-state index contributed by atoms with van der Waals surface area (Å²) in [6.45, 7) is 7.64. The van der Waals surface area contributed by atoms with Crippen LogP contribution in [-0.2, 0) is 13.1 Å². The van der Waals surface area contributed by atoms with Crippen molar-refractivity contribution in [2.45, 2.75) is 20.0 Å². The van der Waals surface area contributed by atoms with Crippen LogP contribution in [0.4, 0.5) is 4.39 Å². The molecule has 0 saturated carbocycles. The first-order chi connectivity index (χ1) is 14.7. The van der Waals surface area contributed by atoms with Crippen LogP contribution in [0.1, 0.15) is 18.2 Å².